The van der Waals surface area contributed by atoms with Gasteiger partial charge in [0.25, 0.3) is 0 Å². The fraction of sp³-hybridized carbons (Fsp3) is 0.118. The third kappa shape index (κ3) is 2.00. The van der Waals surface area contributed by atoms with Gasteiger partial charge in [-0.25, -0.2) is 0 Å². The van der Waals surface area contributed by atoms with E-state index in [1.54, 1.807) is 0 Å². The molecule has 19 heavy (non-hydrogen) atoms. The van der Waals surface area contributed by atoms with Crippen molar-refractivity contribution < 1.29 is 4.42 Å². The smallest absolute Gasteiger partial charge is 0.134 e. The minimum atomic E-state index is 0.321. The van der Waals surface area contributed by atoms with Crippen LogP contribution in [0, 0.1) is 18.3 Å². The number of furan rings is 1. The first-order valence-corrected chi connectivity index (χ1v) is 6.24. The molecule has 0 unspecified atom stereocenters. The zero-order chi connectivity index (χ0) is 13.2. The molecule has 1 heterocycles. The van der Waals surface area contributed by atoms with Gasteiger partial charge in [-0.3, -0.25) is 0 Å². The molecule has 0 fully saturated rings. The topological polar surface area (TPSA) is 36.9 Å². The summed E-state index contributed by atoms with van der Waals surface area (Å²) in [5.74, 6) is 0.766. The molecule has 2 heteroatoms. The molecular weight excluding hydrogens is 234 g/mol. The van der Waals surface area contributed by atoms with Gasteiger partial charge in [0.2, 0.25) is 0 Å². The number of nitrogens with zero attached hydrogens (tertiary/aromatic N) is 1. The molecule has 0 N–H and O–H groups in total. The first-order valence-electron chi connectivity index (χ1n) is 6.24. The molecule has 92 valence electrons. The van der Waals surface area contributed by atoms with Crippen LogP contribution >= 0.6 is 0 Å². The van der Waals surface area contributed by atoms with Crippen LogP contribution in [-0.4, -0.2) is 0 Å². The van der Waals surface area contributed by atoms with E-state index in [0.29, 0.717) is 6.42 Å². The third-order valence-corrected chi connectivity index (χ3v) is 3.38. The van der Waals surface area contributed by atoms with Crippen LogP contribution in [0.1, 0.15) is 11.3 Å². The summed E-state index contributed by atoms with van der Waals surface area (Å²) in [4.78, 5) is 0. The maximum atomic E-state index is 8.79. The summed E-state index contributed by atoms with van der Waals surface area (Å²) in [5, 5.41) is 9.88. The van der Waals surface area contributed by atoms with Gasteiger partial charge in [0, 0.05) is 5.39 Å². The lowest BCUT2D eigenvalue weighted by atomic mass is 10.0. The van der Waals surface area contributed by atoms with Crippen LogP contribution in [0.2, 0.25) is 0 Å². The SMILES string of the molecule is Cc1c(CC#N)oc2ccc(-c3ccccc3)cc12. The lowest BCUT2D eigenvalue weighted by molar-refractivity contribution is 0.563. The Morgan fingerprint density at radius 2 is 1.84 bits per heavy atom. The molecule has 0 saturated heterocycles. The molecule has 0 aliphatic heterocycles. The van der Waals surface area contributed by atoms with E-state index in [9.17, 15) is 0 Å². The highest BCUT2D eigenvalue weighted by atomic mass is 16.3. The minimum Gasteiger partial charge on any atom is -0.460 e. The van der Waals surface area contributed by atoms with E-state index in [4.69, 9.17) is 9.68 Å². The Balaban J connectivity index is 2.16. The van der Waals surface area contributed by atoms with Crippen LogP contribution in [-0.2, 0) is 6.42 Å². The van der Waals surface area contributed by atoms with E-state index < -0.39 is 0 Å². The molecule has 2 nitrogen and oxygen atoms in total. The summed E-state index contributed by atoms with van der Waals surface area (Å²) < 4.78 is 5.71. The summed E-state index contributed by atoms with van der Waals surface area (Å²) in [6.07, 6.45) is 0.321. The van der Waals surface area contributed by atoms with Crippen LogP contribution < -0.4 is 0 Å². The predicted octanol–water partition coefficient (Wildman–Crippen LogP) is 4.47. The van der Waals surface area contributed by atoms with Crippen LogP contribution in [0.25, 0.3) is 22.1 Å². The van der Waals surface area contributed by atoms with Gasteiger partial charge in [-0.15, -0.1) is 0 Å². The number of hydrogen-bond acceptors (Lipinski definition) is 2. The Hall–Kier alpha value is -2.53. The molecule has 0 radical (unpaired) electrons. The number of fused-ring (bicyclic) bond motifs is 1. The highest BCUT2D eigenvalue weighted by Crippen LogP contribution is 2.30. The second-order valence-electron chi connectivity index (χ2n) is 4.56. The second-order valence-corrected chi connectivity index (χ2v) is 4.56. The van der Waals surface area contributed by atoms with Crippen molar-refractivity contribution in [3.8, 4) is 17.2 Å². The molecule has 0 aliphatic rings. The lowest BCUT2D eigenvalue weighted by Crippen LogP contribution is -1.80. The minimum absolute atomic E-state index is 0.321. The Morgan fingerprint density at radius 1 is 1.05 bits per heavy atom. The van der Waals surface area contributed by atoms with Crippen molar-refractivity contribution in [3.05, 3.63) is 59.9 Å². The number of aryl methyl sites for hydroxylation is 1. The summed E-state index contributed by atoms with van der Waals surface area (Å²) in [6, 6.07) is 18.5. The molecule has 0 bridgehead atoms. The van der Waals surface area contributed by atoms with Gasteiger partial charge in [0.15, 0.2) is 0 Å². The largest absolute Gasteiger partial charge is 0.460 e. The Bertz CT molecular complexity index is 763. The van der Waals surface area contributed by atoms with Crippen molar-refractivity contribution >= 4 is 11.0 Å². The molecule has 0 spiro atoms. The van der Waals surface area contributed by atoms with Gasteiger partial charge in [-0.2, -0.15) is 5.26 Å². The first-order chi connectivity index (χ1) is 9.29. The molecule has 0 atom stereocenters. The molecule has 0 saturated carbocycles. The van der Waals surface area contributed by atoms with Crippen LogP contribution in [0.5, 0.6) is 0 Å². The Morgan fingerprint density at radius 3 is 2.58 bits per heavy atom. The summed E-state index contributed by atoms with van der Waals surface area (Å²) in [5.41, 5.74) is 4.27. The summed E-state index contributed by atoms with van der Waals surface area (Å²) in [6.45, 7) is 2.01. The Kier molecular flexibility index (Phi) is 2.81. The van der Waals surface area contributed by atoms with Crippen molar-refractivity contribution in [2.75, 3.05) is 0 Å². The average molecular weight is 247 g/mol. The number of hydrogen-bond donors (Lipinski definition) is 0. The lowest BCUT2D eigenvalue weighted by Gasteiger charge is -2.01. The highest BCUT2D eigenvalue weighted by Gasteiger charge is 2.10. The van der Waals surface area contributed by atoms with E-state index in [1.807, 2.05) is 31.2 Å². The van der Waals surface area contributed by atoms with Gasteiger partial charge in [0.1, 0.15) is 11.3 Å². The molecular formula is C17H13NO. The van der Waals surface area contributed by atoms with E-state index in [1.165, 1.54) is 11.1 Å². The van der Waals surface area contributed by atoms with Gasteiger partial charge >= 0.3 is 0 Å². The fourth-order valence-corrected chi connectivity index (χ4v) is 2.32. The second kappa shape index (κ2) is 4.62. The maximum absolute atomic E-state index is 8.79. The first kappa shape index (κ1) is 11.6. The molecule has 1 aromatic heterocycles. The maximum Gasteiger partial charge on any atom is 0.134 e. The van der Waals surface area contributed by atoms with Gasteiger partial charge in [-0.1, -0.05) is 36.4 Å². The van der Waals surface area contributed by atoms with E-state index in [-0.39, 0.29) is 0 Å². The summed E-state index contributed by atoms with van der Waals surface area (Å²) in [7, 11) is 0. The molecule has 3 aromatic rings. The molecule has 3 rings (SSSR count). The predicted molar refractivity (Wildman–Crippen MR) is 75.7 cm³/mol. The molecule has 0 amide bonds. The fourth-order valence-electron chi connectivity index (χ4n) is 2.32. The van der Waals surface area contributed by atoms with E-state index in [0.717, 1.165) is 22.3 Å². The van der Waals surface area contributed by atoms with Crippen molar-refractivity contribution in [1.82, 2.24) is 0 Å². The average Bonchev–Trinajstić information content (AvgIpc) is 2.77. The Labute approximate surface area is 111 Å². The van der Waals surface area contributed by atoms with Crippen molar-refractivity contribution in [1.29, 1.82) is 5.26 Å². The van der Waals surface area contributed by atoms with Crippen LogP contribution in [0.15, 0.2) is 52.9 Å². The van der Waals surface area contributed by atoms with Crippen molar-refractivity contribution in [2.45, 2.75) is 13.3 Å². The van der Waals surface area contributed by atoms with Crippen molar-refractivity contribution in [3.63, 3.8) is 0 Å². The monoisotopic (exact) mass is 247 g/mol. The third-order valence-electron chi connectivity index (χ3n) is 3.38. The number of benzene rings is 2. The summed E-state index contributed by atoms with van der Waals surface area (Å²) >= 11 is 0. The van der Waals surface area contributed by atoms with Gasteiger partial charge < -0.3 is 4.42 Å². The van der Waals surface area contributed by atoms with Crippen molar-refractivity contribution in [2.24, 2.45) is 0 Å². The van der Waals surface area contributed by atoms with Crippen LogP contribution in [0.4, 0.5) is 0 Å². The number of rotatable bonds is 2. The van der Waals surface area contributed by atoms with E-state index >= 15 is 0 Å². The standard InChI is InChI=1S/C17H13NO/c1-12-15-11-14(13-5-3-2-4-6-13)7-8-17(15)19-16(12)9-10-18/h2-8,11H,9H2,1H3. The van der Waals surface area contributed by atoms with Gasteiger partial charge in [0.05, 0.1) is 12.5 Å². The highest BCUT2D eigenvalue weighted by molar-refractivity contribution is 5.87. The number of nitriles is 1. The zero-order valence-corrected chi connectivity index (χ0v) is 10.7. The zero-order valence-electron chi connectivity index (χ0n) is 10.7. The van der Waals surface area contributed by atoms with E-state index in [2.05, 4.69) is 30.3 Å². The van der Waals surface area contributed by atoms with Crippen LogP contribution in [0.3, 0.4) is 0 Å². The molecule has 2 aromatic carbocycles. The van der Waals surface area contributed by atoms with Gasteiger partial charge in [-0.05, 0) is 35.7 Å². The normalized spacial score (nSPS) is 10.5. The molecule has 0 aliphatic carbocycles. The quantitative estimate of drug-likeness (QED) is 0.669.